The van der Waals surface area contributed by atoms with E-state index in [-0.39, 0.29) is 35.7 Å². The van der Waals surface area contributed by atoms with Crippen molar-refractivity contribution in [2.45, 2.75) is 51.0 Å². The molecule has 2 rings (SSSR count). The molecule has 1 saturated heterocycles. The monoisotopic (exact) mass is 317 g/mol. The summed E-state index contributed by atoms with van der Waals surface area (Å²) in [7, 11) is 3.60. The Morgan fingerprint density at radius 3 is 2.38 bits per heavy atom. The molecule has 1 aliphatic heterocycles. The first-order chi connectivity index (χ1) is 9.55. The Kier molecular flexibility index (Phi) is 6.94. The summed E-state index contributed by atoms with van der Waals surface area (Å²) in [6, 6.07) is -0.0725. The van der Waals surface area contributed by atoms with Gasteiger partial charge in [0.2, 0.25) is 11.8 Å². The van der Waals surface area contributed by atoms with E-state index in [1.807, 2.05) is 0 Å². The highest BCUT2D eigenvalue weighted by atomic mass is 35.5. The Bertz CT molecular complexity index is 362. The predicted octanol–water partition coefficient (Wildman–Crippen LogP) is 1.32. The maximum Gasteiger partial charge on any atom is 0.237 e. The number of nitrogens with one attached hydrogen (secondary N) is 2. The average Bonchev–Trinajstić information content (AvgIpc) is 2.94. The van der Waals surface area contributed by atoms with Gasteiger partial charge in [-0.25, -0.2) is 0 Å². The first kappa shape index (κ1) is 18.2. The molecule has 1 heterocycles. The molecule has 1 saturated carbocycles. The number of hydrogen-bond donors (Lipinski definition) is 2. The quantitative estimate of drug-likeness (QED) is 0.822. The molecular weight excluding hydrogens is 290 g/mol. The topological polar surface area (TPSA) is 61.4 Å². The zero-order valence-corrected chi connectivity index (χ0v) is 13.9. The lowest BCUT2D eigenvalue weighted by Crippen LogP contribution is -2.51. The predicted molar refractivity (Wildman–Crippen MR) is 85.5 cm³/mol. The van der Waals surface area contributed by atoms with Gasteiger partial charge in [0.1, 0.15) is 0 Å². The van der Waals surface area contributed by atoms with Crippen LogP contribution < -0.4 is 10.6 Å². The van der Waals surface area contributed by atoms with Crippen LogP contribution in [0.1, 0.15) is 44.9 Å². The van der Waals surface area contributed by atoms with Gasteiger partial charge in [-0.1, -0.05) is 19.3 Å². The fraction of sp³-hybridized carbons (Fsp3) is 0.867. The van der Waals surface area contributed by atoms with Gasteiger partial charge < -0.3 is 15.5 Å². The van der Waals surface area contributed by atoms with Gasteiger partial charge in [-0.2, -0.15) is 0 Å². The first-order valence-corrected chi connectivity index (χ1v) is 7.78. The zero-order valence-electron chi connectivity index (χ0n) is 13.1. The van der Waals surface area contributed by atoms with Gasteiger partial charge in [-0.05, 0) is 32.2 Å². The normalized spacial score (nSPS) is 24.0. The lowest BCUT2D eigenvalue weighted by molar-refractivity contribution is -0.139. The summed E-state index contributed by atoms with van der Waals surface area (Å²) in [4.78, 5) is 26.3. The molecule has 122 valence electrons. The van der Waals surface area contributed by atoms with Crippen molar-refractivity contribution < 1.29 is 9.59 Å². The van der Waals surface area contributed by atoms with E-state index in [9.17, 15) is 9.59 Å². The molecule has 1 aliphatic carbocycles. The number of amides is 2. The third-order valence-corrected chi connectivity index (χ3v) is 4.65. The lowest BCUT2D eigenvalue weighted by Gasteiger charge is -2.32. The summed E-state index contributed by atoms with van der Waals surface area (Å²) in [6.07, 6.45) is 7.10. The Hall–Kier alpha value is -0.810. The molecule has 21 heavy (non-hydrogen) atoms. The van der Waals surface area contributed by atoms with E-state index in [0.29, 0.717) is 6.54 Å². The molecule has 6 heteroatoms. The highest BCUT2D eigenvalue weighted by Gasteiger charge is 2.42. The van der Waals surface area contributed by atoms with Crippen molar-refractivity contribution >= 4 is 24.2 Å². The second-order valence-electron chi connectivity index (χ2n) is 6.41. The SMILES string of the molecule is CN(C)C(=O)C1(CNC(=O)C2CCCCN2)CCCC1.Cl. The number of halogens is 1. The highest BCUT2D eigenvalue weighted by Crippen LogP contribution is 2.38. The second kappa shape index (κ2) is 7.99. The van der Waals surface area contributed by atoms with E-state index in [0.717, 1.165) is 51.5 Å². The van der Waals surface area contributed by atoms with Gasteiger partial charge in [0.15, 0.2) is 0 Å². The molecule has 0 aromatic carbocycles. The fourth-order valence-corrected chi connectivity index (χ4v) is 3.45. The minimum atomic E-state index is -0.367. The Morgan fingerprint density at radius 2 is 1.86 bits per heavy atom. The van der Waals surface area contributed by atoms with Gasteiger partial charge in [0.05, 0.1) is 11.5 Å². The summed E-state index contributed by atoms with van der Waals surface area (Å²) in [5, 5.41) is 6.27. The van der Waals surface area contributed by atoms with E-state index >= 15 is 0 Å². The van der Waals surface area contributed by atoms with Crippen LogP contribution in [0.4, 0.5) is 0 Å². The minimum Gasteiger partial charge on any atom is -0.354 e. The van der Waals surface area contributed by atoms with E-state index in [1.165, 1.54) is 0 Å². The standard InChI is InChI=1S/C15H27N3O2.ClH/c1-18(2)14(20)15(8-4-5-9-15)11-17-13(19)12-7-3-6-10-16-12;/h12,16H,3-11H2,1-2H3,(H,17,19);1H. The van der Waals surface area contributed by atoms with Crippen LogP contribution in [0.25, 0.3) is 0 Å². The van der Waals surface area contributed by atoms with Crippen LogP contribution in [0.5, 0.6) is 0 Å². The average molecular weight is 318 g/mol. The number of piperidine rings is 1. The summed E-state index contributed by atoms with van der Waals surface area (Å²) < 4.78 is 0. The maximum absolute atomic E-state index is 12.4. The van der Waals surface area contributed by atoms with Gasteiger partial charge in [0, 0.05) is 20.6 Å². The Morgan fingerprint density at radius 1 is 1.19 bits per heavy atom. The van der Waals surface area contributed by atoms with Crippen molar-refractivity contribution in [3.05, 3.63) is 0 Å². The van der Waals surface area contributed by atoms with Gasteiger partial charge in [-0.3, -0.25) is 9.59 Å². The number of hydrogen-bond acceptors (Lipinski definition) is 3. The Balaban J connectivity index is 0.00000220. The van der Waals surface area contributed by atoms with Crippen molar-refractivity contribution in [1.82, 2.24) is 15.5 Å². The van der Waals surface area contributed by atoms with Crippen LogP contribution in [0.2, 0.25) is 0 Å². The van der Waals surface area contributed by atoms with Crippen LogP contribution in [0.3, 0.4) is 0 Å². The number of nitrogens with zero attached hydrogens (tertiary/aromatic N) is 1. The van der Waals surface area contributed by atoms with Crippen molar-refractivity contribution in [3.63, 3.8) is 0 Å². The molecule has 0 aromatic heterocycles. The van der Waals surface area contributed by atoms with Gasteiger partial charge in [-0.15, -0.1) is 12.4 Å². The molecule has 0 radical (unpaired) electrons. The molecule has 1 unspecified atom stereocenters. The molecule has 2 fully saturated rings. The number of rotatable bonds is 4. The molecule has 2 N–H and O–H groups in total. The molecule has 2 aliphatic rings. The van der Waals surface area contributed by atoms with E-state index in [1.54, 1.807) is 19.0 Å². The smallest absolute Gasteiger partial charge is 0.237 e. The van der Waals surface area contributed by atoms with Crippen LogP contribution >= 0.6 is 12.4 Å². The number of carbonyl (C=O) groups excluding carboxylic acids is 2. The molecule has 0 bridgehead atoms. The third kappa shape index (κ3) is 4.33. The van der Waals surface area contributed by atoms with Crippen LogP contribution in [-0.2, 0) is 9.59 Å². The summed E-state index contributed by atoms with van der Waals surface area (Å²) in [5.41, 5.74) is -0.367. The number of carbonyl (C=O) groups is 2. The third-order valence-electron chi connectivity index (χ3n) is 4.65. The minimum absolute atomic E-state index is 0. The van der Waals surface area contributed by atoms with Gasteiger partial charge >= 0.3 is 0 Å². The van der Waals surface area contributed by atoms with Crippen molar-refractivity contribution in [2.75, 3.05) is 27.2 Å². The van der Waals surface area contributed by atoms with Crippen molar-refractivity contribution in [1.29, 1.82) is 0 Å². The molecule has 1 atom stereocenters. The van der Waals surface area contributed by atoms with E-state index in [4.69, 9.17) is 0 Å². The molecule has 5 nitrogen and oxygen atoms in total. The molecule has 2 amide bonds. The summed E-state index contributed by atoms with van der Waals surface area (Å²) in [6.45, 7) is 1.40. The zero-order chi connectivity index (χ0) is 14.6. The van der Waals surface area contributed by atoms with Crippen LogP contribution in [0.15, 0.2) is 0 Å². The lowest BCUT2D eigenvalue weighted by atomic mass is 9.84. The summed E-state index contributed by atoms with van der Waals surface area (Å²) >= 11 is 0. The van der Waals surface area contributed by atoms with E-state index < -0.39 is 0 Å². The maximum atomic E-state index is 12.4. The molecular formula is C15H28ClN3O2. The molecule has 0 spiro atoms. The Labute approximate surface area is 133 Å². The van der Waals surface area contributed by atoms with Crippen molar-refractivity contribution in [3.8, 4) is 0 Å². The van der Waals surface area contributed by atoms with E-state index in [2.05, 4.69) is 10.6 Å². The first-order valence-electron chi connectivity index (χ1n) is 7.78. The van der Waals surface area contributed by atoms with Crippen LogP contribution in [-0.4, -0.2) is 49.9 Å². The van der Waals surface area contributed by atoms with Crippen LogP contribution in [0, 0.1) is 5.41 Å². The fourth-order valence-electron chi connectivity index (χ4n) is 3.45. The highest BCUT2D eigenvalue weighted by molar-refractivity contribution is 5.86. The summed E-state index contributed by atoms with van der Waals surface area (Å²) in [5.74, 6) is 0.217. The van der Waals surface area contributed by atoms with Gasteiger partial charge in [0.25, 0.3) is 0 Å². The largest absolute Gasteiger partial charge is 0.354 e. The molecule has 0 aromatic rings. The van der Waals surface area contributed by atoms with Crippen molar-refractivity contribution in [2.24, 2.45) is 5.41 Å². The second-order valence-corrected chi connectivity index (χ2v) is 6.41.